The first-order chi connectivity index (χ1) is 34.2. The van der Waals surface area contributed by atoms with Gasteiger partial charge in [0.1, 0.15) is 6.33 Å². The average Bonchev–Trinajstić information content (AvgIpc) is 4.06. The van der Waals surface area contributed by atoms with Gasteiger partial charge in [0.2, 0.25) is 0 Å². The molecule has 0 unspecified atom stereocenters. The first-order valence-corrected chi connectivity index (χ1v) is 23.2. The van der Waals surface area contributed by atoms with E-state index in [1.54, 1.807) is 6.33 Å². The predicted molar refractivity (Wildman–Crippen MR) is 282 cm³/mol. The van der Waals surface area contributed by atoms with Crippen molar-refractivity contribution in [1.29, 1.82) is 0 Å². The number of aromatic nitrogens is 7. The van der Waals surface area contributed by atoms with Gasteiger partial charge in [-0.3, -0.25) is 0 Å². The van der Waals surface area contributed by atoms with Crippen LogP contribution in [0, 0.1) is 0 Å². The summed E-state index contributed by atoms with van der Waals surface area (Å²) in [5.74, 6) is 0.692. The minimum absolute atomic E-state index is 0.692. The van der Waals surface area contributed by atoms with Crippen LogP contribution in [-0.4, -0.2) is 33.6 Å². The predicted octanol–water partition coefficient (Wildman–Crippen LogP) is 15.2. The van der Waals surface area contributed by atoms with Gasteiger partial charge < -0.3 is 13.7 Å². The van der Waals surface area contributed by atoms with E-state index in [0.717, 1.165) is 100 Å². The van der Waals surface area contributed by atoms with Crippen molar-refractivity contribution in [3.63, 3.8) is 0 Å². The Bertz CT molecular complexity index is 4240. The third-order valence-corrected chi connectivity index (χ3v) is 13.6. The fourth-order valence-corrected chi connectivity index (χ4v) is 10.5. The lowest BCUT2D eigenvalue weighted by Gasteiger charge is -2.15. The molecule has 0 bridgehead atoms. The molecule has 0 radical (unpaired) electrons. The molecule has 5 heterocycles. The van der Waals surface area contributed by atoms with E-state index in [4.69, 9.17) is 15.0 Å². The Morgan fingerprint density at radius 1 is 0.319 bits per heavy atom. The molecule has 14 aromatic rings. The second-order valence-electron chi connectivity index (χ2n) is 17.5. The van der Waals surface area contributed by atoms with Crippen LogP contribution >= 0.6 is 0 Å². The Balaban J connectivity index is 0.909. The lowest BCUT2D eigenvalue weighted by molar-refractivity contribution is 1.14. The summed E-state index contributed by atoms with van der Waals surface area (Å²) in [5, 5.41) is 5.85. The van der Waals surface area contributed by atoms with E-state index in [0.29, 0.717) is 5.82 Å². The van der Waals surface area contributed by atoms with Crippen molar-refractivity contribution in [2.45, 2.75) is 0 Å². The SMILES string of the molecule is c1ccc(-c2cc(-c3ccccc3-n3c4ccccc4c4cc(-c5ccc6c(c5)c5ccccc5n6-c5ccc6c(c5)c5ncncc5n6-c5ccccc5)ccc43)nc(-c3ccccc3)n2)cc1. The summed E-state index contributed by atoms with van der Waals surface area (Å²) < 4.78 is 7.03. The van der Waals surface area contributed by atoms with E-state index >= 15 is 0 Å². The minimum Gasteiger partial charge on any atom is -0.309 e. The summed E-state index contributed by atoms with van der Waals surface area (Å²) >= 11 is 0. The number of para-hydroxylation sites is 4. The van der Waals surface area contributed by atoms with Crippen LogP contribution in [0.5, 0.6) is 0 Å². The van der Waals surface area contributed by atoms with Gasteiger partial charge in [0, 0.05) is 55.0 Å². The standard InChI is InChI=1S/C62H39N7/c1-4-16-40(17-5-1)52-37-53(66-62(65-52)41-18-6-2-7-19-41)48-24-12-15-27-56(48)69-55-26-14-11-23-47(55)50-35-43(29-32-58(50)69)42-28-31-57-49(34-42)46-22-10-13-25-54(46)68(57)45-30-33-59-51(36-45)61-60(38-63-39-64-61)67(59)44-20-8-3-9-21-44/h1-39H. The molecular weight excluding hydrogens is 843 g/mol. The second kappa shape index (κ2) is 15.6. The van der Waals surface area contributed by atoms with Crippen LogP contribution in [0.2, 0.25) is 0 Å². The summed E-state index contributed by atoms with van der Waals surface area (Å²) in [6.07, 6.45) is 3.55. The summed E-state index contributed by atoms with van der Waals surface area (Å²) in [4.78, 5) is 19.6. The Morgan fingerprint density at radius 3 is 1.58 bits per heavy atom. The average molecular weight is 882 g/mol. The van der Waals surface area contributed by atoms with Crippen LogP contribution in [0.15, 0.2) is 237 Å². The van der Waals surface area contributed by atoms with Crippen molar-refractivity contribution in [1.82, 2.24) is 33.6 Å². The summed E-state index contributed by atoms with van der Waals surface area (Å²) in [7, 11) is 0. The van der Waals surface area contributed by atoms with Crippen LogP contribution in [-0.2, 0) is 0 Å². The Kier molecular flexibility index (Phi) is 8.75. The number of hydrogen-bond donors (Lipinski definition) is 0. The maximum atomic E-state index is 5.26. The molecule has 0 N–H and O–H groups in total. The van der Waals surface area contributed by atoms with Crippen LogP contribution in [0.1, 0.15) is 0 Å². The van der Waals surface area contributed by atoms with Crippen molar-refractivity contribution in [3.8, 4) is 62.1 Å². The number of benzene rings is 9. The van der Waals surface area contributed by atoms with E-state index < -0.39 is 0 Å². The molecule has 0 atom stereocenters. The normalized spacial score (nSPS) is 11.8. The largest absolute Gasteiger partial charge is 0.309 e. The van der Waals surface area contributed by atoms with E-state index in [1.807, 2.05) is 36.5 Å². The van der Waals surface area contributed by atoms with Gasteiger partial charge in [0.25, 0.3) is 0 Å². The Morgan fingerprint density at radius 2 is 0.855 bits per heavy atom. The molecule has 9 aromatic carbocycles. The molecule has 14 rings (SSSR count). The molecule has 0 amide bonds. The minimum atomic E-state index is 0.692. The highest BCUT2D eigenvalue weighted by Crippen LogP contribution is 2.41. The van der Waals surface area contributed by atoms with Crippen LogP contribution in [0.25, 0.3) is 128 Å². The summed E-state index contributed by atoms with van der Waals surface area (Å²) in [6, 6.07) is 79.8. The fraction of sp³-hybridized carbons (Fsp3) is 0. The highest BCUT2D eigenvalue weighted by molar-refractivity contribution is 6.14. The molecule has 0 saturated heterocycles. The maximum Gasteiger partial charge on any atom is 0.160 e. The first kappa shape index (κ1) is 38.8. The van der Waals surface area contributed by atoms with Crippen LogP contribution in [0.4, 0.5) is 0 Å². The molecule has 322 valence electrons. The molecule has 0 saturated carbocycles. The lowest BCUT2D eigenvalue weighted by atomic mass is 10.0. The molecule has 69 heavy (non-hydrogen) atoms. The number of nitrogens with zero attached hydrogens (tertiary/aromatic N) is 7. The molecule has 0 aliphatic carbocycles. The third-order valence-electron chi connectivity index (χ3n) is 13.6. The summed E-state index contributed by atoms with van der Waals surface area (Å²) in [5.41, 5.74) is 17.9. The molecular formula is C62H39N7. The van der Waals surface area contributed by atoms with E-state index in [-0.39, 0.29) is 0 Å². The highest BCUT2D eigenvalue weighted by Gasteiger charge is 2.21. The Hall–Kier alpha value is -9.46. The zero-order valence-electron chi connectivity index (χ0n) is 37.1. The van der Waals surface area contributed by atoms with Crippen molar-refractivity contribution >= 4 is 65.5 Å². The maximum absolute atomic E-state index is 5.26. The van der Waals surface area contributed by atoms with Crippen LogP contribution in [0.3, 0.4) is 0 Å². The van der Waals surface area contributed by atoms with Gasteiger partial charge in [0.15, 0.2) is 5.82 Å². The molecule has 5 aromatic heterocycles. The van der Waals surface area contributed by atoms with Crippen molar-refractivity contribution in [2.24, 2.45) is 0 Å². The van der Waals surface area contributed by atoms with Gasteiger partial charge in [-0.15, -0.1) is 0 Å². The van der Waals surface area contributed by atoms with Crippen LogP contribution < -0.4 is 0 Å². The molecule has 7 nitrogen and oxygen atoms in total. The van der Waals surface area contributed by atoms with Crippen molar-refractivity contribution in [3.05, 3.63) is 237 Å². The second-order valence-corrected chi connectivity index (χ2v) is 17.5. The molecule has 0 aliphatic heterocycles. The van der Waals surface area contributed by atoms with Crippen molar-refractivity contribution in [2.75, 3.05) is 0 Å². The van der Waals surface area contributed by atoms with E-state index in [9.17, 15) is 0 Å². The fourth-order valence-electron chi connectivity index (χ4n) is 10.5. The van der Waals surface area contributed by atoms with Gasteiger partial charge >= 0.3 is 0 Å². The molecule has 0 fully saturated rings. The smallest absolute Gasteiger partial charge is 0.160 e. The van der Waals surface area contributed by atoms with Crippen molar-refractivity contribution < 1.29 is 0 Å². The monoisotopic (exact) mass is 881 g/mol. The molecule has 0 aliphatic rings. The number of fused-ring (bicyclic) bond motifs is 9. The quantitative estimate of drug-likeness (QED) is 0.160. The van der Waals surface area contributed by atoms with Gasteiger partial charge in [-0.1, -0.05) is 146 Å². The number of rotatable bonds is 7. The molecule has 7 heteroatoms. The van der Waals surface area contributed by atoms with Gasteiger partial charge in [0.05, 0.1) is 61.9 Å². The number of hydrogen-bond acceptors (Lipinski definition) is 4. The molecule has 0 spiro atoms. The van der Waals surface area contributed by atoms with Gasteiger partial charge in [-0.05, 0) is 90.0 Å². The Labute approximate surface area is 396 Å². The zero-order valence-corrected chi connectivity index (χ0v) is 37.1. The van der Waals surface area contributed by atoms with Gasteiger partial charge in [-0.25, -0.2) is 19.9 Å². The highest BCUT2D eigenvalue weighted by atomic mass is 15.0. The lowest BCUT2D eigenvalue weighted by Crippen LogP contribution is -2.00. The topological polar surface area (TPSA) is 66.3 Å². The third kappa shape index (κ3) is 6.21. The van der Waals surface area contributed by atoms with E-state index in [1.165, 1.54) is 21.5 Å². The zero-order chi connectivity index (χ0) is 45.4. The van der Waals surface area contributed by atoms with E-state index in [2.05, 4.69) is 213 Å². The first-order valence-electron chi connectivity index (χ1n) is 23.2. The summed E-state index contributed by atoms with van der Waals surface area (Å²) in [6.45, 7) is 0. The van der Waals surface area contributed by atoms with Gasteiger partial charge in [-0.2, -0.15) is 0 Å².